The molecule has 0 N–H and O–H groups in total. The van der Waals surface area contributed by atoms with Gasteiger partial charge in [-0.3, -0.25) is 10.1 Å². The topological polar surface area (TPSA) is 56.0 Å². The highest BCUT2D eigenvalue weighted by Gasteiger charge is 2.06. The van der Waals surface area contributed by atoms with Crippen LogP contribution in [0.4, 0.5) is 5.69 Å². The van der Waals surface area contributed by atoms with E-state index in [0.29, 0.717) is 9.39 Å². The summed E-state index contributed by atoms with van der Waals surface area (Å²) in [6, 6.07) is 2.88. The standard InChI is InChI=1S/C6H5IN2O2/c1-4-2-5(9(10)11)3-6(7)8-4/h2-3H,1H3. The molecule has 0 saturated carbocycles. The van der Waals surface area contributed by atoms with Crippen LogP contribution in [0.2, 0.25) is 0 Å². The highest BCUT2D eigenvalue weighted by Crippen LogP contribution is 2.14. The van der Waals surface area contributed by atoms with Crippen LogP contribution in [0.1, 0.15) is 5.69 Å². The fourth-order valence-electron chi connectivity index (χ4n) is 0.716. The summed E-state index contributed by atoms with van der Waals surface area (Å²) in [4.78, 5) is 13.9. The van der Waals surface area contributed by atoms with Crippen molar-refractivity contribution in [2.75, 3.05) is 0 Å². The Labute approximate surface area is 76.9 Å². The van der Waals surface area contributed by atoms with Crippen LogP contribution < -0.4 is 0 Å². The summed E-state index contributed by atoms with van der Waals surface area (Å²) in [5.41, 5.74) is 0.769. The number of hydrogen-bond acceptors (Lipinski definition) is 3. The van der Waals surface area contributed by atoms with Gasteiger partial charge in [-0.2, -0.15) is 0 Å². The number of nitro groups is 1. The van der Waals surface area contributed by atoms with Gasteiger partial charge in [0, 0.05) is 17.8 Å². The summed E-state index contributed by atoms with van der Waals surface area (Å²) in [7, 11) is 0. The molecule has 0 radical (unpaired) electrons. The summed E-state index contributed by atoms with van der Waals surface area (Å²) >= 11 is 1.95. The number of pyridine rings is 1. The average molecular weight is 264 g/mol. The van der Waals surface area contributed by atoms with Crippen molar-refractivity contribution in [2.45, 2.75) is 6.92 Å². The minimum absolute atomic E-state index is 0.0990. The lowest BCUT2D eigenvalue weighted by Gasteiger charge is -1.93. The molecule has 0 atom stereocenters. The molecule has 0 aliphatic carbocycles. The van der Waals surface area contributed by atoms with Gasteiger partial charge >= 0.3 is 0 Å². The van der Waals surface area contributed by atoms with E-state index in [1.165, 1.54) is 12.1 Å². The normalized spacial score (nSPS) is 9.64. The fraction of sp³-hybridized carbons (Fsp3) is 0.167. The first-order valence-corrected chi connectivity index (χ1v) is 3.96. The monoisotopic (exact) mass is 264 g/mol. The molecule has 0 bridgehead atoms. The molecule has 5 heteroatoms. The number of hydrogen-bond donors (Lipinski definition) is 0. The molecule has 1 rings (SSSR count). The molecule has 1 heterocycles. The molecule has 1 aromatic heterocycles. The first-order valence-electron chi connectivity index (χ1n) is 2.88. The molecule has 0 saturated heterocycles. The third-order valence-corrected chi connectivity index (χ3v) is 1.67. The van der Waals surface area contributed by atoms with Crippen LogP contribution in [-0.4, -0.2) is 9.91 Å². The van der Waals surface area contributed by atoms with Crippen LogP contribution in [-0.2, 0) is 0 Å². The van der Waals surface area contributed by atoms with E-state index in [0.717, 1.165) is 0 Å². The predicted octanol–water partition coefficient (Wildman–Crippen LogP) is 1.90. The van der Waals surface area contributed by atoms with Crippen LogP contribution in [0.15, 0.2) is 12.1 Å². The minimum Gasteiger partial charge on any atom is -0.258 e. The molecule has 58 valence electrons. The summed E-state index contributed by atoms with van der Waals surface area (Å²) in [5, 5.41) is 10.3. The molecule has 0 spiro atoms. The van der Waals surface area contributed by atoms with Gasteiger partial charge in [-0.15, -0.1) is 0 Å². The summed E-state index contributed by atoms with van der Waals surface area (Å²) < 4.78 is 0.648. The summed E-state index contributed by atoms with van der Waals surface area (Å²) in [5.74, 6) is 0. The molecule has 11 heavy (non-hydrogen) atoms. The second-order valence-electron chi connectivity index (χ2n) is 2.05. The third kappa shape index (κ3) is 2.11. The smallest absolute Gasteiger partial charge is 0.258 e. The van der Waals surface area contributed by atoms with E-state index in [1.54, 1.807) is 6.92 Å². The van der Waals surface area contributed by atoms with Gasteiger partial charge in [-0.1, -0.05) is 0 Å². The van der Waals surface area contributed by atoms with Gasteiger partial charge in [0.1, 0.15) is 3.70 Å². The van der Waals surface area contributed by atoms with Crippen LogP contribution in [0.25, 0.3) is 0 Å². The Morgan fingerprint density at radius 3 is 2.73 bits per heavy atom. The van der Waals surface area contributed by atoms with E-state index in [1.807, 2.05) is 22.6 Å². The van der Waals surface area contributed by atoms with Crippen molar-refractivity contribution >= 4 is 28.3 Å². The number of nitrogens with zero attached hydrogens (tertiary/aromatic N) is 2. The number of rotatable bonds is 1. The van der Waals surface area contributed by atoms with Gasteiger partial charge in [0.25, 0.3) is 5.69 Å². The third-order valence-electron chi connectivity index (χ3n) is 1.12. The Hall–Kier alpha value is -0.720. The lowest BCUT2D eigenvalue weighted by Crippen LogP contribution is -1.92. The zero-order chi connectivity index (χ0) is 8.43. The maximum Gasteiger partial charge on any atom is 0.273 e. The van der Waals surface area contributed by atoms with Crippen molar-refractivity contribution < 1.29 is 4.92 Å². The van der Waals surface area contributed by atoms with Gasteiger partial charge in [-0.25, -0.2) is 4.98 Å². The van der Waals surface area contributed by atoms with E-state index in [9.17, 15) is 10.1 Å². The molecule has 1 aromatic rings. The van der Waals surface area contributed by atoms with E-state index in [-0.39, 0.29) is 5.69 Å². The van der Waals surface area contributed by atoms with Crippen molar-refractivity contribution in [3.8, 4) is 0 Å². The molecule has 0 fully saturated rings. The Balaban J connectivity index is 3.19. The quantitative estimate of drug-likeness (QED) is 0.337. The van der Waals surface area contributed by atoms with Crippen molar-refractivity contribution in [3.63, 3.8) is 0 Å². The Kier molecular flexibility index (Phi) is 2.38. The van der Waals surface area contributed by atoms with Crippen molar-refractivity contribution in [3.05, 3.63) is 31.6 Å². The molecular formula is C6H5IN2O2. The van der Waals surface area contributed by atoms with Gasteiger partial charge in [0.15, 0.2) is 0 Å². The average Bonchev–Trinajstić information content (AvgIpc) is 1.85. The van der Waals surface area contributed by atoms with Crippen molar-refractivity contribution in [1.82, 2.24) is 4.98 Å². The zero-order valence-corrected chi connectivity index (χ0v) is 7.90. The maximum absolute atomic E-state index is 10.3. The molecule has 4 nitrogen and oxygen atoms in total. The van der Waals surface area contributed by atoms with Gasteiger partial charge in [0.05, 0.1) is 4.92 Å². The van der Waals surface area contributed by atoms with Crippen molar-refractivity contribution in [2.24, 2.45) is 0 Å². The summed E-state index contributed by atoms with van der Waals surface area (Å²) in [6.07, 6.45) is 0. The Bertz CT molecular complexity index is 280. The molecule has 0 aliphatic heterocycles. The second-order valence-corrected chi connectivity index (χ2v) is 3.15. The van der Waals surface area contributed by atoms with E-state index >= 15 is 0 Å². The van der Waals surface area contributed by atoms with Crippen molar-refractivity contribution in [1.29, 1.82) is 0 Å². The summed E-state index contributed by atoms with van der Waals surface area (Å²) in [6.45, 7) is 1.73. The first-order chi connectivity index (χ1) is 5.09. The number of aromatic nitrogens is 1. The molecule has 0 aromatic carbocycles. The van der Waals surface area contributed by atoms with E-state index in [2.05, 4.69) is 4.98 Å². The SMILES string of the molecule is Cc1cc([N+](=O)[O-])cc(I)n1. The van der Waals surface area contributed by atoms with Gasteiger partial charge in [-0.05, 0) is 29.5 Å². The Morgan fingerprint density at radius 1 is 1.64 bits per heavy atom. The molecular weight excluding hydrogens is 259 g/mol. The molecule has 0 aliphatic rings. The lowest BCUT2D eigenvalue weighted by molar-refractivity contribution is -0.385. The van der Waals surface area contributed by atoms with E-state index < -0.39 is 4.92 Å². The van der Waals surface area contributed by atoms with Crippen LogP contribution in [0.5, 0.6) is 0 Å². The second kappa shape index (κ2) is 3.12. The highest BCUT2D eigenvalue weighted by molar-refractivity contribution is 14.1. The largest absolute Gasteiger partial charge is 0.273 e. The van der Waals surface area contributed by atoms with Gasteiger partial charge < -0.3 is 0 Å². The minimum atomic E-state index is -0.420. The highest BCUT2D eigenvalue weighted by atomic mass is 127. The van der Waals surface area contributed by atoms with Crippen LogP contribution >= 0.6 is 22.6 Å². The molecule has 0 amide bonds. The van der Waals surface area contributed by atoms with Gasteiger partial charge in [0.2, 0.25) is 0 Å². The number of halogens is 1. The predicted molar refractivity (Wildman–Crippen MR) is 48.3 cm³/mol. The first kappa shape index (κ1) is 8.38. The van der Waals surface area contributed by atoms with Crippen LogP contribution in [0, 0.1) is 20.7 Å². The Morgan fingerprint density at radius 2 is 2.27 bits per heavy atom. The molecule has 0 unspecified atom stereocenters. The number of aryl methyl sites for hydroxylation is 1. The lowest BCUT2D eigenvalue weighted by atomic mass is 10.3. The van der Waals surface area contributed by atoms with E-state index in [4.69, 9.17) is 0 Å². The van der Waals surface area contributed by atoms with Crippen LogP contribution in [0.3, 0.4) is 0 Å². The fourth-order valence-corrected chi connectivity index (χ4v) is 1.42. The maximum atomic E-state index is 10.3. The zero-order valence-electron chi connectivity index (χ0n) is 5.74.